The molecule has 1 saturated heterocycles. The monoisotopic (exact) mass is 372 g/mol. The minimum atomic E-state index is 0.0413. The van der Waals surface area contributed by atoms with Gasteiger partial charge < -0.3 is 9.47 Å². The molecule has 1 heterocycles. The predicted octanol–water partition coefficient (Wildman–Crippen LogP) is 5.92. The molecule has 1 aliphatic heterocycles. The molecular weight excluding hydrogens is 336 g/mol. The van der Waals surface area contributed by atoms with Crippen LogP contribution in [0.3, 0.4) is 0 Å². The molecule has 0 spiro atoms. The van der Waals surface area contributed by atoms with Crippen molar-refractivity contribution in [3.8, 4) is 5.75 Å². The Labute approximate surface area is 164 Å². The van der Waals surface area contributed by atoms with E-state index in [2.05, 4.69) is 32.9 Å². The Bertz CT molecular complexity index is 643. The van der Waals surface area contributed by atoms with Crippen molar-refractivity contribution >= 4 is 5.97 Å². The van der Waals surface area contributed by atoms with E-state index in [0.29, 0.717) is 5.92 Å². The first kappa shape index (κ1) is 20.2. The molecule has 1 saturated carbocycles. The largest absolute Gasteiger partial charge is 0.493 e. The molecule has 0 radical (unpaired) electrons. The minimum Gasteiger partial charge on any atom is -0.493 e. The van der Waals surface area contributed by atoms with Gasteiger partial charge in [0.25, 0.3) is 0 Å². The summed E-state index contributed by atoms with van der Waals surface area (Å²) in [6.07, 6.45) is 9.40. The second kappa shape index (κ2) is 9.12. The average molecular weight is 373 g/mol. The van der Waals surface area contributed by atoms with Crippen molar-refractivity contribution in [2.24, 2.45) is 17.8 Å². The molecule has 0 bridgehead atoms. The zero-order valence-electron chi connectivity index (χ0n) is 17.6. The van der Waals surface area contributed by atoms with Crippen LogP contribution in [0.2, 0.25) is 0 Å². The van der Waals surface area contributed by atoms with Crippen LogP contribution in [-0.4, -0.2) is 18.7 Å². The SMILES string of the molecule is Cc1ccc(OCC2CCC(CCC3CCC(C)OC3=O)CC2)c(C)c1C. The van der Waals surface area contributed by atoms with Gasteiger partial charge in [-0.25, -0.2) is 0 Å². The number of ether oxygens (including phenoxy) is 2. The topological polar surface area (TPSA) is 35.5 Å². The Morgan fingerprint density at radius 1 is 0.926 bits per heavy atom. The van der Waals surface area contributed by atoms with E-state index < -0.39 is 0 Å². The second-order valence-corrected chi connectivity index (χ2v) is 8.93. The molecule has 1 aromatic carbocycles. The van der Waals surface area contributed by atoms with Gasteiger partial charge >= 0.3 is 5.97 Å². The van der Waals surface area contributed by atoms with Crippen LogP contribution in [0.25, 0.3) is 0 Å². The number of hydrogen-bond donors (Lipinski definition) is 0. The van der Waals surface area contributed by atoms with Crippen molar-refractivity contribution in [3.63, 3.8) is 0 Å². The Kier molecular flexibility index (Phi) is 6.83. The summed E-state index contributed by atoms with van der Waals surface area (Å²) in [5, 5.41) is 0. The van der Waals surface area contributed by atoms with Gasteiger partial charge in [-0.05, 0) is 101 Å². The van der Waals surface area contributed by atoms with E-state index in [1.165, 1.54) is 48.8 Å². The van der Waals surface area contributed by atoms with Crippen molar-refractivity contribution in [2.45, 2.75) is 85.2 Å². The Hall–Kier alpha value is -1.51. The molecule has 2 fully saturated rings. The van der Waals surface area contributed by atoms with Gasteiger partial charge in [0.05, 0.1) is 18.6 Å². The summed E-state index contributed by atoms with van der Waals surface area (Å²) in [6.45, 7) is 9.32. The van der Waals surface area contributed by atoms with E-state index in [0.717, 1.165) is 37.5 Å². The van der Waals surface area contributed by atoms with Crippen LogP contribution in [0.4, 0.5) is 0 Å². The normalized spacial score (nSPS) is 28.7. The molecule has 2 unspecified atom stereocenters. The second-order valence-electron chi connectivity index (χ2n) is 8.93. The lowest BCUT2D eigenvalue weighted by molar-refractivity contribution is -0.159. The van der Waals surface area contributed by atoms with E-state index in [1.54, 1.807) is 0 Å². The first-order valence-corrected chi connectivity index (χ1v) is 10.8. The Morgan fingerprint density at radius 2 is 1.63 bits per heavy atom. The fourth-order valence-corrected chi connectivity index (χ4v) is 4.59. The maximum Gasteiger partial charge on any atom is 0.309 e. The molecule has 0 aromatic heterocycles. The molecule has 27 heavy (non-hydrogen) atoms. The number of carbonyl (C=O) groups is 1. The fourth-order valence-electron chi connectivity index (χ4n) is 4.59. The number of cyclic esters (lactones) is 1. The van der Waals surface area contributed by atoms with Crippen molar-refractivity contribution in [2.75, 3.05) is 6.61 Å². The van der Waals surface area contributed by atoms with Gasteiger partial charge in [-0.15, -0.1) is 0 Å². The first-order chi connectivity index (χ1) is 12.9. The average Bonchev–Trinajstić information content (AvgIpc) is 2.66. The maximum absolute atomic E-state index is 12.0. The predicted molar refractivity (Wildman–Crippen MR) is 109 cm³/mol. The third kappa shape index (κ3) is 5.27. The van der Waals surface area contributed by atoms with E-state index in [1.807, 2.05) is 6.92 Å². The third-order valence-corrected chi connectivity index (χ3v) is 6.94. The highest BCUT2D eigenvalue weighted by Crippen LogP contribution is 2.35. The molecule has 1 aliphatic carbocycles. The molecule has 3 heteroatoms. The van der Waals surface area contributed by atoms with Crippen LogP contribution in [-0.2, 0) is 9.53 Å². The standard InChI is InChI=1S/C24H36O3/c1-16-5-14-23(19(4)18(16)3)26-15-21-9-7-20(8-10-21)11-13-22-12-6-17(2)27-24(22)25/h5,14,17,20-22H,6-13,15H2,1-4H3. The number of aryl methyl sites for hydroxylation is 1. The van der Waals surface area contributed by atoms with Crippen molar-refractivity contribution in [1.29, 1.82) is 0 Å². The van der Waals surface area contributed by atoms with Gasteiger partial charge in [-0.1, -0.05) is 18.9 Å². The number of rotatable bonds is 6. The third-order valence-electron chi connectivity index (χ3n) is 6.94. The van der Waals surface area contributed by atoms with Gasteiger partial charge in [0.1, 0.15) is 5.75 Å². The summed E-state index contributed by atoms with van der Waals surface area (Å²) < 4.78 is 11.6. The van der Waals surface area contributed by atoms with Crippen LogP contribution >= 0.6 is 0 Å². The Morgan fingerprint density at radius 3 is 2.33 bits per heavy atom. The number of benzene rings is 1. The van der Waals surface area contributed by atoms with Crippen LogP contribution < -0.4 is 4.74 Å². The van der Waals surface area contributed by atoms with Crippen molar-refractivity contribution in [1.82, 2.24) is 0 Å². The molecule has 2 atom stereocenters. The summed E-state index contributed by atoms with van der Waals surface area (Å²) in [5.74, 6) is 2.68. The van der Waals surface area contributed by atoms with Gasteiger partial charge in [-0.3, -0.25) is 4.79 Å². The molecule has 150 valence electrons. The lowest BCUT2D eigenvalue weighted by Crippen LogP contribution is -2.30. The molecule has 3 nitrogen and oxygen atoms in total. The van der Waals surface area contributed by atoms with Gasteiger partial charge in [0.15, 0.2) is 0 Å². The number of hydrogen-bond acceptors (Lipinski definition) is 3. The van der Waals surface area contributed by atoms with E-state index in [9.17, 15) is 4.79 Å². The quantitative estimate of drug-likeness (QED) is 0.582. The molecule has 0 amide bonds. The van der Waals surface area contributed by atoms with Crippen molar-refractivity contribution < 1.29 is 14.3 Å². The number of esters is 1. The summed E-state index contributed by atoms with van der Waals surface area (Å²) in [5.41, 5.74) is 3.95. The van der Waals surface area contributed by atoms with Gasteiger partial charge in [0.2, 0.25) is 0 Å². The fraction of sp³-hybridized carbons (Fsp3) is 0.708. The maximum atomic E-state index is 12.0. The van der Waals surface area contributed by atoms with E-state index in [-0.39, 0.29) is 18.0 Å². The lowest BCUT2D eigenvalue weighted by atomic mass is 9.78. The summed E-state index contributed by atoms with van der Waals surface area (Å²) in [7, 11) is 0. The van der Waals surface area contributed by atoms with E-state index in [4.69, 9.17) is 9.47 Å². The zero-order valence-corrected chi connectivity index (χ0v) is 17.6. The van der Waals surface area contributed by atoms with Crippen LogP contribution in [0.15, 0.2) is 12.1 Å². The summed E-state index contributed by atoms with van der Waals surface area (Å²) in [6, 6.07) is 4.28. The highest BCUT2D eigenvalue weighted by molar-refractivity contribution is 5.73. The van der Waals surface area contributed by atoms with Crippen LogP contribution in [0.5, 0.6) is 5.75 Å². The highest BCUT2D eigenvalue weighted by Gasteiger charge is 2.29. The molecule has 0 N–H and O–H groups in total. The zero-order chi connectivity index (χ0) is 19.4. The van der Waals surface area contributed by atoms with E-state index >= 15 is 0 Å². The minimum absolute atomic E-state index is 0.0413. The lowest BCUT2D eigenvalue weighted by Gasteiger charge is -2.31. The highest BCUT2D eigenvalue weighted by atomic mass is 16.5. The van der Waals surface area contributed by atoms with Crippen LogP contribution in [0, 0.1) is 38.5 Å². The Balaban J connectivity index is 1.38. The van der Waals surface area contributed by atoms with Gasteiger partial charge in [-0.2, -0.15) is 0 Å². The molecule has 2 aliphatic rings. The number of carbonyl (C=O) groups excluding carboxylic acids is 1. The summed E-state index contributed by atoms with van der Waals surface area (Å²) in [4.78, 5) is 12.0. The van der Waals surface area contributed by atoms with Gasteiger partial charge in [0, 0.05) is 0 Å². The summed E-state index contributed by atoms with van der Waals surface area (Å²) >= 11 is 0. The molecular formula is C24H36O3. The van der Waals surface area contributed by atoms with Crippen molar-refractivity contribution in [3.05, 3.63) is 28.8 Å². The smallest absolute Gasteiger partial charge is 0.309 e. The molecule has 3 rings (SSSR count). The first-order valence-electron chi connectivity index (χ1n) is 10.8. The molecule has 1 aromatic rings. The van der Waals surface area contributed by atoms with Crippen LogP contribution in [0.1, 0.15) is 75.0 Å².